The molecule has 0 aromatic heterocycles. The van der Waals surface area contributed by atoms with Gasteiger partial charge in [0.1, 0.15) is 6.07 Å². The van der Waals surface area contributed by atoms with Gasteiger partial charge in [0.05, 0.1) is 15.5 Å². The molecular weight excluding hydrogens is 308 g/mol. The Balaban J connectivity index is 2.17. The minimum atomic E-state index is -3.66. The SMILES string of the molecule is Cc1ccc(CNS(=O)(=O)c2ccc(C#N)c(Cl)c2)cc1. The molecule has 108 valence electrons. The minimum Gasteiger partial charge on any atom is -0.207 e. The molecule has 2 aromatic carbocycles. The number of nitrogens with one attached hydrogen (secondary N) is 1. The van der Waals surface area contributed by atoms with E-state index in [-0.39, 0.29) is 22.0 Å². The fraction of sp³-hybridized carbons (Fsp3) is 0.133. The summed E-state index contributed by atoms with van der Waals surface area (Å²) in [4.78, 5) is 0.0404. The van der Waals surface area contributed by atoms with E-state index < -0.39 is 10.0 Å². The number of hydrogen-bond donors (Lipinski definition) is 1. The predicted octanol–water partition coefficient (Wildman–Crippen LogP) is 3.00. The van der Waals surface area contributed by atoms with E-state index in [4.69, 9.17) is 16.9 Å². The Morgan fingerprint density at radius 3 is 2.43 bits per heavy atom. The van der Waals surface area contributed by atoms with Crippen LogP contribution in [0.4, 0.5) is 0 Å². The first-order valence-corrected chi connectivity index (χ1v) is 8.03. The Morgan fingerprint density at radius 2 is 1.86 bits per heavy atom. The highest BCUT2D eigenvalue weighted by atomic mass is 35.5. The second-order valence-corrected chi connectivity index (χ2v) is 6.74. The molecule has 0 fully saturated rings. The zero-order valence-corrected chi connectivity index (χ0v) is 12.9. The highest BCUT2D eigenvalue weighted by Gasteiger charge is 2.15. The lowest BCUT2D eigenvalue weighted by Crippen LogP contribution is -2.23. The van der Waals surface area contributed by atoms with Gasteiger partial charge in [0.2, 0.25) is 10.0 Å². The van der Waals surface area contributed by atoms with Crippen LogP contribution in [0.5, 0.6) is 0 Å². The molecule has 0 saturated carbocycles. The first-order valence-electron chi connectivity index (χ1n) is 6.17. The van der Waals surface area contributed by atoms with Crippen molar-refractivity contribution in [2.75, 3.05) is 0 Å². The largest absolute Gasteiger partial charge is 0.240 e. The van der Waals surface area contributed by atoms with E-state index >= 15 is 0 Å². The molecule has 0 heterocycles. The molecule has 21 heavy (non-hydrogen) atoms. The molecule has 1 N–H and O–H groups in total. The summed E-state index contributed by atoms with van der Waals surface area (Å²) >= 11 is 5.86. The molecule has 0 bridgehead atoms. The fourth-order valence-corrected chi connectivity index (χ4v) is 3.05. The monoisotopic (exact) mass is 320 g/mol. The number of sulfonamides is 1. The van der Waals surface area contributed by atoms with Gasteiger partial charge in [-0.1, -0.05) is 41.4 Å². The van der Waals surface area contributed by atoms with Crippen LogP contribution in [0, 0.1) is 18.3 Å². The van der Waals surface area contributed by atoms with E-state index in [9.17, 15) is 8.42 Å². The first-order chi connectivity index (χ1) is 9.92. The van der Waals surface area contributed by atoms with Crippen molar-refractivity contribution in [2.45, 2.75) is 18.4 Å². The fourth-order valence-electron chi connectivity index (χ4n) is 1.72. The van der Waals surface area contributed by atoms with Gasteiger partial charge >= 0.3 is 0 Å². The normalized spacial score (nSPS) is 11.1. The van der Waals surface area contributed by atoms with Crippen LogP contribution in [0.2, 0.25) is 5.02 Å². The van der Waals surface area contributed by atoms with E-state index in [1.54, 1.807) is 0 Å². The topological polar surface area (TPSA) is 70.0 Å². The van der Waals surface area contributed by atoms with Crippen molar-refractivity contribution in [3.63, 3.8) is 0 Å². The third-order valence-corrected chi connectivity index (χ3v) is 4.67. The highest BCUT2D eigenvalue weighted by Crippen LogP contribution is 2.20. The Bertz CT molecular complexity index is 793. The molecule has 0 radical (unpaired) electrons. The summed E-state index contributed by atoms with van der Waals surface area (Å²) in [6.45, 7) is 2.16. The van der Waals surface area contributed by atoms with Crippen LogP contribution in [0.25, 0.3) is 0 Å². The Morgan fingerprint density at radius 1 is 1.19 bits per heavy atom. The molecule has 0 aliphatic heterocycles. The van der Waals surface area contributed by atoms with Crippen molar-refractivity contribution >= 4 is 21.6 Å². The van der Waals surface area contributed by atoms with Crippen molar-refractivity contribution in [2.24, 2.45) is 0 Å². The standard InChI is InChI=1S/C15H13ClN2O2S/c1-11-2-4-12(5-3-11)10-18-21(19,20)14-7-6-13(9-17)15(16)8-14/h2-8,18H,10H2,1H3. The van der Waals surface area contributed by atoms with Crippen molar-refractivity contribution in [3.8, 4) is 6.07 Å². The molecular formula is C15H13ClN2O2S. The molecule has 2 rings (SSSR count). The highest BCUT2D eigenvalue weighted by molar-refractivity contribution is 7.89. The van der Waals surface area contributed by atoms with Crippen LogP contribution in [-0.4, -0.2) is 8.42 Å². The molecule has 0 atom stereocenters. The maximum Gasteiger partial charge on any atom is 0.240 e. The molecule has 0 aliphatic carbocycles. The third-order valence-electron chi connectivity index (χ3n) is 2.96. The van der Waals surface area contributed by atoms with Crippen molar-refractivity contribution in [1.29, 1.82) is 5.26 Å². The lowest BCUT2D eigenvalue weighted by atomic mass is 10.2. The summed E-state index contributed by atoms with van der Waals surface area (Å²) in [6, 6.07) is 13.5. The molecule has 4 nitrogen and oxygen atoms in total. The number of halogens is 1. The quantitative estimate of drug-likeness (QED) is 0.941. The van der Waals surface area contributed by atoms with E-state index in [2.05, 4.69) is 4.72 Å². The second kappa shape index (κ2) is 6.27. The second-order valence-electron chi connectivity index (χ2n) is 4.56. The van der Waals surface area contributed by atoms with Crippen LogP contribution in [0.15, 0.2) is 47.4 Å². The first kappa shape index (κ1) is 15.5. The van der Waals surface area contributed by atoms with Crippen LogP contribution < -0.4 is 4.72 Å². The average Bonchev–Trinajstić information content (AvgIpc) is 2.46. The number of aryl methyl sites for hydroxylation is 1. The predicted molar refractivity (Wildman–Crippen MR) is 81.4 cm³/mol. The molecule has 0 unspecified atom stereocenters. The van der Waals surface area contributed by atoms with E-state index in [0.29, 0.717) is 0 Å². The van der Waals surface area contributed by atoms with Gasteiger partial charge in [-0.15, -0.1) is 0 Å². The molecule has 0 spiro atoms. The summed E-state index contributed by atoms with van der Waals surface area (Å²) in [5, 5.41) is 8.91. The van der Waals surface area contributed by atoms with Crippen LogP contribution >= 0.6 is 11.6 Å². The summed E-state index contributed by atoms with van der Waals surface area (Å²) in [6.07, 6.45) is 0. The van der Waals surface area contributed by atoms with Gasteiger partial charge in [-0.05, 0) is 30.7 Å². The summed E-state index contributed by atoms with van der Waals surface area (Å²) in [7, 11) is -3.66. The summed E-state index contributed by atoms with van der Waals surface area (Å²) in [5.41, 5.74) is 2.22. The van der Waals surface area contributed by atoms with Crippen molar-refractivity contribution < 1.29 is 8.42 Å². The van der Waals surface area contributed by atoms with Gasteiger partial charge in [0.15, 0.2) is 0 Å². The van der Waals surface area contributed by atoms with Gasteiger partial charge in [-0.2, -0.15) is 5.26 Å². The molecule has 0 saturated heterocycles. The van der Waals surface area contributed by atoms with Gasteiger partial charge in [0.25, 0.3) is 0 Å². The van der Waals surface area contributed by atoms with Crippen LogP contribution in [0.1, 0.15) is 16.7 Å². The number of hydrogen-bond acceptors (Lipinski definition) is 3. The maximum absolute atomic E-state index is 12.2. The van der Waals surface area contributed by atoms with Gasteiger partial charge in [-0.25, -0.2) is 13.1 Å². The maximum atomic E-state index is 12.2. The van der Waals surface area contributed by atoms with Gasteiger partial charge in [0, 0.05) is 6.54 Å². The summed E-state index contributed by atoms with van der Waals surface area (Å²) < 4.78 is 26.8. The smallest absolute Gasteiger partial charge is 0.207 e. The third kappa shape index (κ3) is 3.82. The van der Waals surface area contributed by atoms with Crippen molar-refractivity contribution in [3.05, 3.63) is 64.2 Å². The zero-order chi connectivity index (χ0) is 15.5. The molecule has 2 aromatic rings. The lowest BCUT2D eigenvalue weighted by molar-refractivity contribution is 0.581. The summed E-state index contributed by atoms with van der Waals surface area (Å²) in [5.74, 6) is 0. The molecule has 6 heteroatoms. The minimum absolute atomic E-state index is 0.0404. The molecule has 0 aliphatic rings. The lowest BCUT2D eigenvalue weighted by Gasteiger charge is -2.08. The van der Waals surface area contributed by atoms with E-state index in [0.717, 1.165) is 11.1 Å². The van der Waals surface area contributed by atoms with Crippen LogP contribution in [0.3, 0.4) is 0 Å². The Hall–Kier alpha value is -1.87. The average molecular weight is 321 g/mol. The van der Waals surface area contributed by atoms with E-state index in [1.807, 2.05) is 37.3 Å². The number of nitriles is 1. The Kier molecular flexibility index (Phi) is 4.63. The van der Waals surface area contributed by atoms with Gasteiger partial charge < -0.3 is 0 Å². The Labute approximate surface area is 129 Å². The number of nitrogens with zero attached hydrogens (tertiary/aromatic N) is 1. The number of benzene rings is 2. The van der Waals surface area contributed by atoms with Crippen LogP contribution in [-0.2, 0) is 16.6 Å². The van der Waals surface area contributed by atoms with E-state index in [1.165, 1.54) is 18.2 Å². The van der Waals surface area contributed by atoms with Crippen molar-refractivity contribution in [1.82, 2.24) is 4.72 Å². The van der Waals surface area contributed by atoms with Gasteiger partial charge in [-0.3, -0.25) is 0 Å². The molecule has 0 amide bonds. The number of rotatable bonds is 4. The zero-order valence-electron chi connectivity index (χ0n) is 11.3.